The summed E-state index contributed by atoms with van der Waals surface area (Å²) >= 11 is 0. The number of unbranched alkanes of at least 4 members (excludes halogenated alkanes) is 15. The number of ether oxygens (including phenoxy) is 4. The molecule has 0 rings (SSSR count). The lowest BCUT2D eigenvalue weighted by molar-refractivity contribution is -0.134. The van der Waals surface area contributed by atoms with Gasteiger partial charge in [-0.1, -0.05) is 110 Å². The monoisotopic (exact) mass is 488 g/mol. The van der Waals surface area contributed by atoms with Gasteiger partial charge in [0.2, 0.25) is 0 Å². The van der Waals surface area contributed by atoms with Crippen LogP contribution in [0.3, 0.4) is 0 Å². The molecule has 0 aliphatic rings. The Hall–Kier alpha value is -0.950. The Balaban J connectivity index is 0. The lowest BCUT2D eigenvalue weighted by Crippen LogP contribution is -2.11. The molecular weight excluding hydrogens is 432 g/mol. The lowest BCUT2D eigenvalue weighted by atomic mass is 10.0. The largest absolute Gasteiger partial charge is 0.466 e. The maximum Gasteiger partial charge on any atom is 0.329 e. The van der Waals surface area contributed by atoms with Crippen molar-refractivity contribution in [2.24, 2.45) is 0 Å². The zero-order chi connectivity index (χ0) is 25.4. The van der Waals surface area contributed by atoms with Gasteiger partial charge in [-0.25, -0.2) is 4.79 Å². The molecule has 0 aromatic carbocycles. The third kappa shape index (κ3) is 35.6. The number of aliphatic hydroxyl groups excluding tert-OH is 1. The van der Waals surface area contributed by atoms with Crippen LogP contribution in [0.1, 0.15) is 110 Å². The molecule has 0 atom stereocenters. The molecule has 6 heteroatoms. The first-order valence-corrected chi connectivity index (χ1v) is 13.8. The standard InChI is InChI=1S/C24H50O4.C4H6O2/c1-2-3-4-5-6-7-8-9-10-11-12-13-14-15-16-17-19-26-21-23-28-24-22-27-20-18-25;1-3-4(5)6-2/h25H,2-24H2,1H3;3H,1H2,2H3. The number of methoxy groups -OCH3 is 1. The molecule has 0 amide bonds. The van der Waals surface area contributed by atoms with E-state index in [2.05, 4.69) is 18.2 Å². The fraction of sp³-hybridized carbons (Fsp3) is 0.893. The molecule has 0 aromatic rings. The SMILES string of the molecule is C=CC(=O)OC.CCCCCCCCCCCCCCCCCCOCCOCCOCCO. The molecule has 204 valence electrons. The minimum atomic E-state index is -0.394. The van der Waals surface area contributed by atoms with Gasteiger partial charge in [0, 0.05) is 12.7 Å². The number of hydrogen-bond acceptors (Lipinski definition) is 6. The van der Waals surface area contributed by atoms with Gasteiger partial charge in [0.25, 0.3) is 0 Å². The van der Waals surface area contributed by atoms with Gasteiger partial charge in [-0.3, -0.25) is 0 Å². The summed E-state index contributed by atoms with van der Waals surface area (Å²) in [5.74, 6) is -0.394. The quantitative estimate of drug-likeness (QED) is 0.0836. The number of rotatable bonds is 26. The van der Waals surface area contributed by atoms with E-state index in [9.17, 15) is 4.79 Å². The predicted molar refractivity (Wildman–Crippen MR) is 141 cm³/mol. The van der Waals surface area contributed by atoms with Gasteiger partial charge in [0.15, 0.2) is 0 Å². The Morgan fingerprint density at radius 3 is 1.29 bits per heavy atom. The van der Waals surface area contributed by atoms with E-state index >= 15 is 0 Å². The van der Waals surface area contributed by atoms with Crippen LogP contribution in [0.4, 0.5) is 0 Å². The van der Waals surface area contributed by atoms with Gasteiger partial charge in [0.1, 0.15) is 0 Å². The fourth-order valence-corrected chi connectivity index (χ4v) is 3.44. The van der Waals surface area contributed by atoms with E-state index < -0.39 is 5.97 Å². The zero-order valence-electron chi connectivity index (χ0n) is 22.5. The van der Waals surface area contributed by atoms with E-state index in [1.54, 1.807) is 0 Å². The average Bonchev–Trinajstić information content (AvgIpc) is 2.86. The van der Waals surface area contributed by atoms with Crippen molar-refractivity contribution in [2.75, 3.05) is 53.4 Å². The van der Waals surface area contributed by atoms with Crippen molar-refractivity contribution in [2.45, 2.75) is 110 Å². The fourth-order valence-electron chi connectivity index (χ4n) is 3.44. The molecule has 0 saturated carbocycles. The Morgan fingerprint density at radius 1 is 0.618 bits per heavy atom. The van der Waals surface area contributed by atoms with Gasteiger partial charge in [-0.05, 0) is 6.42 Å². The van der Waals surface area contributed by atoms with Crippen molar-refractivity contribution in [3.8, 4) is 0 Å². The minimum absolute atomic E-state index is 0.0718. The van der Waals surface area contributed by atoms with Crippen LogP contribution in [0.2, 0.25) is 0 Å². The van der Waals surface area contributed by atoms with Crippen LogP contribution in [0.5, 0.6) is 0 Å². The van der Waals surface area contributed by atoms with Crippen molar-refractivity contribution in [3.63, 3.8) is 0 Å². The highest BCUT2D eigenvalue weighted by atomic mass is 16.5. The highest BCUT2D eigenvalue weighted by Gasteiger charge is 1.95. The first kappa shape index (κ1) is 35.2. The molecule has 0 aliphatic heterocycles. The van der Waals surface area contributed by atoms with Crippen LogP contribution in [-0.4, -0.2) is 64.4 Å². The predicted octanol–water partition coefficient (Wildman–Crippen LogP) is 6.64. The van der Waals surface area contributed by atoms with Crippen molar-refractivity contribution in [1.29, 1.82) is 0 Å². The average molecular weight is 489 g/mol. The summed E-state index contributed by atoms with van der Waals surface area (Å²) < 4.78 is 20.2. The van der Waals surface area contributed by atoms with Crippen LogP contribution in [0.25, 0.3) is 0 Å². The second-order valence-electron chi connectivity index (χ2n) is 8.59. The molecular formula is C28H56O6. The van der Waals surface area contributed by atoms with Crippen molar-refractivity contribution >= 4 is 5.97 Å². The maximum absolute atomic E-state index is 9.84. The van der Waals surface area contributed by atoms with Gasteiger partial charge < -0.3 is 24.1 Å². The maximum atomic E-state index is 9.84. The van der Waals surface area contributed by atoms with Gasteiger partial charge in [-0.15, -0.1) is 0 Å². The summed E-state index contributed by atoms with van der Waals surface area (Å²) in [5, 5.41) is 8.56. The number of carbonyl (C=O) groups excluding carboxylic acids is 1. The van der Waals surface area contributed by atoms with Crippen LogP contribution >= 0.6 is 0 Å². The molecule has 0 bridgehead atoms. The van der Waals surface area contributed by atoms with Crippen molar-refractivity contribution in [3.05, 3.63) is 12.7 Å². The molecule has 0 unspecified atom stereocenters. The van der Waals surface area contributed by atoms with Crippen LogP contribution in [-0.2, 0) is 23.7 Å². The second-order valence-corrected chi connectivity index (χ2v) is 8.59. The Kier molecular flexibility index (Phi) is 35.4. The molecule has 0 spiro atoms. The van der Waals surface area contributed by atoms with E-state index in [0.717, 1.165) is 19.1 Å². The smallest absolute Gasteiger partial charge is 0.329 e. The molecule has 1 N–H and O–H groups in total. The molecule has 0 saturated heterocycles. The van der Waals surface area contributed by atoms with Gasteiger partial charge in [0.05, 0.1) is 46.8 Å². The Bertz CT molecular complexity index is 363. The minimum Gasteiger partial charge on any atom is -0.466 e. The summed E-state index contributed by atoms with van der Waals surface area (Å²) in [6.45, 7) is 9.16. The van der Waals surface area contributed by atoms with E-state index in [1.807, 2.05) is 0 Å². The highest BCUT2D eigenvalue weighted by Crippen LogP contribution is 2.13. The third-order valence-corrected chi connectivity index (χ3v) is 5.49. The summed E-state index contributed by atoms with van der Waals surface area (Å²) in [6.07, 6.45) is 23.5. The molecule has 0 aliphatic carbocycles. The first-order valence-electron chi connectivity index (χ1n) is 13.8. The van der Waals surface area contributed by atoms with Crippen LogP contribution in [0.15, 0.2) is 12.7 Å². The molecule has 34 heavy (non-hydrogen) atoms. The van der Waals surface area contributed by atoms with Gasteiger partial charge >= 0.3 is 5.97 Å². The number of hydrogen-bond donors (Lipinski definition) is 1. The van der Waals surface area contributed by atoms with Crippen LogP contribution in [0, 0.1) is 0 Å². The number of carbonyl (C=O) groups is 1. The molecule has 0 fully saturated rings. The third-order valence-electron chi connectivity index (χ3n) is 5.49. The van der Waals surface area contributed by atoms with E-state index in [1.165, 1.54) is 103 Å². The normalized spacial score (nSPS) is 10.6. The van der Waals surface area contributed by atoms with Crippen molar-refractivity contribution in [1.82, 2.24) is 0 Å². The molecule has 0 radical (unpaired) electrons. The van der Waals surface area contributed by atoms with E-state index in [-0.39, 0.29) is 6.61 Å². The second kappa shape index (κ2) is 34.2. The van der Waals surface area contributed by atoms with E-state index in [0.29, 0.717) is 33.0 Å². The number of esters is 1. The summed E-state index contributed by atoms with van der Waals surface area (Å²) in [6, 6.07) is 0. The highest BCUT2D eigenvalue weighted by molar-refractivity contribution is 5.80. The summed E-state index contributed by atoms with van der Waals surface area (Å²) in [5.41, 5.74) is 0. The zero-order valence-corrected chi connectivity index (χ0v) is 22.5. The molecule has 0 heterocycles. The molecule has 6 nitrogen and oxygen atoms in total. The summed E-state index contributed by atoms with van der Waals surface area (Å²) in [7, 11) is 1.31. The molecule has 0 aromatic heterocycles. The first-order chi connectivity index (χ1) is 16.7. The van der Waals surface area contributed by atoms with E-state index in [4.69, 9.17) is 19.3 Å². The topological polar surface area (TPSA) is 74.2 Å². The Labute approximate surface area is 210 Å². The van der Waals surface area contributed by atoms with Crippen LogP contribution < -0.4 is 0 Å². The Morgan fingerprint density at radius 2 is 0.971 bits per heavy atom. The van der Waals surface area contributed by atoms with Gasteiger partial charge in [-0.2, -0.15) is 0 Å². The summed E-state index contributed by atoms with van der Waals surface area (Å²) in [4.78, 5) is 9.84. The van der Waals surface area contributed by atoms with Crippen molar-refractivity contribution < 1.29 is 28.8 Å². The lowest BCUT2D eigenvalue weighted by Gasteiger charge is -2.06. The number of aliphatic hydroxyl groups is 1.